The second kappa shape index (κ2) is 5.21. The van der Waals surface area contributed by atoms with Gasteiger partial charge >= 0.3 is 0 Å². The topological polar surface area (TPSA) is 0 Å². The van der Waals surface area contributed by atoms with Crippen LogP contribution in [-0.4, -0.2) is 0 Å². The van der Waals surface area contributed by atoms with E-state index in [2.05, 4.69) is 67.9 Å². The summed E-state index contributed by atoms with van der Waals surface area (Å²) in [5.74, 6) is 0.666. The fraction of sp³-hybridized carbons (Fsp3) is 0.529. The van der Waals surface area contributed by atoms with Crippen molar-refractivity contribution >= 4 is 21.5 Å². The molecule has 1 aromatic rings. The van der Waals surface area contributed by atoms with Crippen LogP contribution in [0.3, 0.4) is 0 Å². The summed E-state index contributed by atoms with van der Waals surface area (Å²) >= 11 is 3.62. The van der Waals surface area contributed by atoms with Gasteiger partial charge in [0.15, 0.2) is 0 Å². The third-order valence-electron chi connectivity index (χ3n) is 4.11. The normalized spacial score (nSPS) is 19.1. The number of allylic oxidation sites excluding steroid dienone is 2. The minimum atomic E-state index is 0.269. The summed E-state index contributed by atoms with van der Waals surface area (Å²) in [4.78, 5) is 0. The number of rotatable bonds is 3. The van der Waals surface area contributed by atoms with Crippen molar-refractivity contribution in [1.82, 2.24) is 0 Å². The van der Waals surface area contributed by atoms with Crippen LogP contribution >= 0.6 is 15.9 Å². The first kappa shape index (κ1) is 13.9. The molecule has 98 valence electrons. The monoisotopic (exact) mass is 306 g/mol. The molecule has 1 heteroatoms. The summed E-state index contributed by atoms with van der Waals surface area (Å²) in [6.45, 7) is 9.32. The van der Waals surface area contributed by atoms with Crippen molar-refractivity contribution < 1.29 is 0 Å². The molecule has 0 aromatic heterocycles. The minimum absolute atomic E-state index is 0.269. The van der Waals surface area contributed by atoms with Crippen molar-refractivity contribution in [2.75, 3.05) is 0 Å². The van der Waals surface area contributed by atoms with Crippen LogP contribution in [-0.2, 0) is 5.41 Å². The average molecular weight is 307 g/mol. The van der Waals surface area contributed by atoms with Gasteiger partial charge in [-0.1, -0.05) is 62.2 Å². The summed E-state index contributed by atoms with van der Waals surface area (Å²) < 4.78 is 1.19. The molecule has 18 heavy (non-hydrogen) atoms. The van der Waals surface area contributed by atoms with Crippen molar-refractivity contribution in [1.29, 1.82) is 0 Å². The van der Waals surface area contributed by atoms with Crippen molar-refractivity contribution in [2.24, 2.45) is 5.92 Å². The molecule has 0 N–H and O–H groups in total. The summed E-state index contributed by atoms with van der Waals surface area (Å²) in [5.41, 5.74) is 4.78. The highest BCUT2D eigenvalue weighted by atomic mass is 79.9. The molecule has 0 amide bonds. The van der Waals surface area contributed by atoms with E-state index >= 15 is 0 Å². The lowest BCUT2D eigenvalue weighted by Gasteiger charge is -2.34. The molecule has 1 aliphatic rings. The fourth-order valence-electron chi connectivity index (χ4n) is 2.99. The molecule has 1 atom stereocenters. The predicted octanol–water partition coefficient (Wildman–Crippen LogP) is 5.95. The van der Waals surface area contributed by atoms with E-state index in [1.165, 1.54) is 28.4 Å². The van der Waals surface area contributed by atoms with Crippen LogP contribution in [0.4, 0.5) is 0 Å². The minimum Gasteiger partial charge on any atom is -0.0796 e. The summed E-state index contributed by atoms with van der Waals surface area (Å²) in [6.07, 6.45) is 6.16. The summed E-state index contributed by atoms with van der Waals surface area (Å²) in [5, 5.41) is 0. The highest BCUT2D eigenvalue weighted by Crippen LogP contribution is 2.43. The first-order valence-corrected chi connectivity index (χ1v) is 7.75. The molecule has 0 saturated heterocycles. The standard InChI is InChI=1S/C17H23Br/c1-5-6-12(2)14-9-10-17(3,4)16-8-7-13(18)11-15(14)16/h7-9,11-12H,5-6,10H2,1-4H3. The van der Waals surface area contributed by atoms with E-state index in [0.29, 0.717) is 5.92 Å². The molecule has 2 rings (SSSR count). The SMILES string of the molecule is CCCC(C)C1=CCC(C)(C)c2ccc(Br)cc21. The van der Waals surface area contributed by atoms with Crippen LogP contribution in [0.2, 0.25) is 0 Å². The fourth-order valence-corrected chi connectivity index (χ4v) is 3.35. The van der Waals surface area contributed by atoms with E-state index in [1.54, 1.807) is 5.57 Å². The molecular formula is C17H23Br. The Hall–Kier alpha value is -0.560. The van der Waals surface area contributed by atoms with Gasteiger partial charge in [-0.15, -0.1) is 0 Å². The van der Waals surface area contributed by atoms with E-state index in [9.17, 15) is 0 Å². The number of hydrogen-bond donors (Lipinski definition) is 0. The molecule has 0 fully saturated rings. The van der Waals surface area contributed by atoms with Crippen LogP contribution < -0.4 is 0 Å². The molecule has 0 saturated carbocycles. The van der Waals surface area contributed by atoms with Gasteiger partial charge in [-0.3, -0.25) is 0 Å². The Kier molecular flexibility index (Phi) is 4.01. The number of halogens is 1. The van der Waals surface area contributed by atoms with Gasteiger partial charge in [0, 0.05) is 4.47 Å². The first-order valence-electron chi connectivity index (χ1n) is 6.96. The second-order valence-electron chi connectivity index (χ2n) is 6.13. The van der Waals surface area contributed by atoms with Crippen LogP contribution in [0.15, 0.2) is 28.7 Å². The highest BCUT2D eigenvalue weighted by molar-refractivity contribution is 9.10. The molecule has 0 heterocycles. The quantitative estimate of drug-likeness (QED) is 0.647. The lowest BCUT2D eigenvalue weighted by Crippen LogP contribution is -2.23. The number of benzene rings is 1. The molecule has 1 aromatic carbocycles. The maximum atomic E-state index is 3.62. The summed E-state index contributed by atoms with van der Waals surface area (Å²) in [6, 6.07) is 6.77. The Balaban J connectivity index is 2.48. The molecule has 1 unspecified atom stereocenters. The van der Waals surface area contributed by atoms with Gasteiger partial charge < -0.3 is 0 Å². The molecule has 1 aliphatic carbocycles. The molecular weight excluding hydrogens is 284 g/mol. The van der Waals surface area contributed by atoms with Crippen molar-refractivity contribution in [2.45, 2.75) is 52.4 Å². The second-order valence-corrected chi connectivity index (χ2v) is 7.04. The van der Waals surface area contributed by atoms with Gasteiger partial charge in [-0.05, 0) is 53.0 Å². The van der Waals surface area contributed by atoms with Crippen molar-refractivity contribution in [3.63, 3.8) is 0 Å². The maximum Gasteiger partial charge on any atom is 0.0181 e. The molecule has 0 bridgehead atoms. The average Bonchev–Trinajstić information content (AvgIpc) is 2.28. The van der Waals surface area contributed by atoms with Crippen molar-refractivity contribution in [3.05, 3.63) is 39.9 Å². The zero-order valence-electron chi connectivity index (χ0n) is 11.9. The van der Waals surface area contributed by atoms with Gasteiger partial charge in [0.25, 0.3) is 0 Å². The number of hydrogen-bond acceptors (Lipinski definition) is 0. The van der Waals surface area contributed by atoms with Crippen molar-refractivity contribution in [3.8, 4) is 0 Å². The van der Waals surface area contributed by atoms with E-state index in [1.807, 2.05) is 0 Å². The highest BCUT2D eigenvalue weighted by Gasteiger charge is 2.29. The zero-order chi connectivity index (χ0) is 13.3. The third-order valence-corrected chi connectivity index (χ3v) is 4.60. The van der Waals surface area contributed by atoms with Gasteiger partial charge in [-0.25, -0.2) is 0 Å². The predicted molar refractivity (Wildman–Crippen MR) is 83.8 cm³/mol. The Morgan fingerprint density at radius 1 is 1.33 bits per heavy atom. The van der Waals surface area contributed by atoms with E-state index in [-0.39, 0.29) is 5.41 Å². The maximum absolute atomic E-state index is 3.62. The molecule has 0 aliphatic heterocycles. The number of fused-ring (bicyclic) bond motifs is 1. The Morgan fingerprint density at radius 2 is 2.06 bits per heavy atom. The van der Waals surface area contributed by atoms with E-state index in [0.717, 1.165) is 6.42 Å². The van der Waals surface area contributed by atoms with Gasteiger partial charge in [0.2, 0.25) is 0 Å². The van der Waals surface area contributed by atoms with E-state index in [4.69, 9.17) is 0 Å². The summed E-state index contributed by atoms with van der Waals surface area (Å²) in [7, 11) is 0. The van der Waals surface area contributed by atoms with Crippen LogP contribution in [0.5, 0.6) is 0 Å². The Labute approximate surface area is 120 Å². The van der Waals surface area contributed by atoms with Gasteiger partial charge in [-0.2, -0.15) is 0 Å². The largest absolute Gasteiger partial charge is 0.0796 e. The lowest BCUT2D eigenvalue weighted by atomic mass is 9.71. The first-order chi connectivity index (χ1) is 8.45. The van der Waals surface area contributed by atoms with Gasteiger partial charge in [0.1, 0.15) is 0 Å². The van der Waals surface area contributed by atoms with Crippen LogP contribution in [0, 0.1) is 5.92 Å². The molecule has 0 nitrogen and oxygen atoms in total. The molecule has 0 radical (unpaired) electrons. The zero-order valence-corrected chi connectivity index (χ0v) is 13.5. The van der Waals surface area contributed by atoms with E-state index < -0.39 is 0 Å². The van der Waals surface area contributed by atoms with Gasteiger partial charge in [0.05, 0.1) is 0 Å². The molecule has 0 spiro atoms. The lowest BCUT2D eigenvalue weighted by molar-refractivity contribution is 0.519. The Morgan fingerprint density at radius 3 is 2.72 bits per heavy atom. The Bertz CT molecular complexity index is 468. The van der Waals surface area contributed by atoms with Crippen LogP contribution in [0.25, 0.3) is 5.57 Å². The smallest absolute Gasteiger partial charge is 0.0181 e. The van der Waals surface area contributed by atoms with Crippen LogP contribution in [0.1, 0.15) is 58.1 Å². The third kappa shape index (κ3) is 2.56.